The van der Waals surface area contributed by atoms with Crippen LogP contribution in [0.2, 0.25) is 0 Å². The van der Waals surface area contributed by atoms with Crippen LogP contribution in [0.25, 0.3) is 0 Å². The van der Waals surface area contributed by atoms with E-state index in [1.165, 1.54) is 19.3 Å². The van der Waals surface area contributed by atoms with E-state index >= 15 is 0 Å². The van der Waals surface area contributed by atoms with Crippen molar-refractivity contribution in [1.29, 1.82) is 0 Å². The second-order valence-corrected chi connectivity index (χ2v) is 4.43. The summed E-state index contributed by atoms with van der Waals surface area (Å²) in [6, 6.07) is 0. The number of hydrogen-bond donors (Lipinski definition) is 1. The molecule has 0 atom stereocenters. The third-order valence-corrected chi connectivity index (χ3v) is 2.54. The molecular formula is C11H22O3. The Balaban J connectivity index is 3.60. The monoisotopic (exact) mass is 202 g/mol. The number of carbonyl (C=O) groups is 1. The summed E-state index contributed by atoms with van der Waals surface area (Å²) in [7, 11) is 0. The summed E-state index contributed by atoms with van der Waals surface area (Å²) in [5, 5.41) is 8.26. The van der Waals surface area contributed by atoms with Crippen LogP contribution in [0.5, 0.6) is 0 Å². The minimum Gasteiger partial charge on any atom is -0.300 e. The number of carbonyl (C=O) groups excluding carboxylic acids is 1. The van der Waals surface area contributed by atoms with Crippen molar-refractivity contribution < 1.29 is 14.9 Å². The van der Waals surface area contributed by atoms with E-state index in [1.807, 2.05) is 0 Å². The summed E-state index contributed by atoms with van der Waals surface area (Å²) < 4.78 is 0. The Bertz CT molecular complexity index is 164. The lowest BCUT2D eigenvalue weighted by atomic mass is 9.87. The quantitative estimate of drug-likeness (QED) is 0.391. The minimum absolute atomic E-state index is 0.534. The van der Waals surface area contributed by atoms with Gasteiger partial charge in [0, 0.05) is 0 Å². The van der Waals surface area contributed by atoms with Gasteiger partial charge in [-0.2, -0.15) is 5.26 Å². The zero-order valence-electron chi connectivity index (χ0n) is 9.51. The van der Waals surface area contributed by atoms with Crippen molar-refractivity contribution in [2.24, 2.45) is 5.41 Å². The van der Waals surface area contributed by atoms with Gasteiger partial charge >= 0.3 is 5.97 Å². The maximum Gasteiger partial charge on any atom is 0.347 e. The molecule has 0 unspecified atom stereocenters. The summed E-state index contributed by atoms with van der Waals surface area (Å²) in [4.78, 5) is 14.8. The molecule has 0 aliphatic rings. The van der Waals surface area contributed by atoms with Crippen LogP contribution in [-0.2, 0) is 9.68 Å². The van der Waals surface area contributed by atoms with Crippen LogP contribution in [0.15, 0.2) is 0 Å². The molecule has 3 heteroatoms. The Morgan fingerprint density at radius 2 is 1.79 bits per heavy atom. The smallest absolute Gasteiger partial charge is 0.300 e. The maximum absolute atomic E-state index is 11.1. The first kappa shape index (κ1) is 13.4. The zero-order valence-corrected chi connectivity index (χ0v) is 9.51. The largest absolute Gasteiger partial charge is 0.347 e. The highest BCUT2D eigenvalue weighted by atomic mass is 17.1. The molecule has 0 heterocycles. The number of unbranched alkanes of at least 4 members (excludes halogenated alkanes) is 4. The summed E-state index contributed by atoms with van der Waals surface area (Å²) >= 11 is 0. The highest BCUT2D eigenvalue weighted by Crippen LogP contribution is 2.25. The van der Waals surface area contributed by atoms with Gasteiger partial charge in [-0.05, 0) is 20.3 Å². The standard InChI is InChI=1S/C11H22O3/c1-4-5-6-7-8-9-11(2,3)10(12)14-13/h13H,4-9H2,1-3H3. The molecule has 0 aromatic heterocycles. The van der Waals surface area contributed by atoms with Crippen LogP contribution in [0.4, 0.5) is 0 Å². The van der Waals surface area contributed by atoms with Gasteiger partial charge in [-0.25, -0.2) is 4.79 Å². The van der Waals surface area contributed by atoms with Crippen molar-refractivity contribution in [3.63, 3.8) is 0 Å². The molecule has 1 N–H and O–H groups in total. The summed E-state index contributed by atoms with van der Waals surface area (Å²) in [6.07, 6.45) is 6.64. The molecule has 0 fully saturated rings. The molecule has 0 amide bonds. The second kappa shape index (κ2) is 6.82. The van der Waals surface area contributed by atoms with Crippen molar-refractivity contribution in [2.75, 3.05) is 0 Å². The molecule has 0 aliphatic heterocycles. The topological polar surface area (TPSA) is 46.5 Å². The zero-order chi connectivity index (χ0) is 11.0. The predicted molar refractivity (Wildman–Crippen MR) is 55.9 cm³/mol. The van der Waals surface area contributed by atoms with E-state index in [2.05, 4.69) is 11.8 Å². The van der Waals surface area contributed by atoms with E-state index < -0.39 is 11.4 Å². The second-order valence-electron chi connectivity index (χ2n) is 4.43. The van der Waals surface area contributed by atoms with Crippen molar-refractivity contribution in [1.82, 2.24) is 0 Å². The molecule has 0 spiro atoms. The van der Waals surface area contributed by atoms with E-state index in [9.17, 15) is 4.79 Å². The van der Waals surface area contributed by atoms with E-state index in [-0.39, 0.29) is 0 Å². The fraction of sp³-hybridized carbons (Fsp3) is 0.909. The first-order chi connectivity index (χ1) is 6.54. The van der Waals surface area contributed by atoms with Crippen molar-refractivity contribution in [3.8, 4) is 0 Å². The number of hydrogen-bond acceptors (Lipinski definition) is 3. The van der Waals surface area contributed by atoms with Crippen molar-refractivity contribution >= 4 is 5.97 Å². The molecule has 84 valence electrons. The average molecular weight is 202 g/mol. The summed E-state index contributed by atoms with van der Waals surface area (Å²) in [6.45, 7) is 5.77. The van der Waals surface area contributed by atoms with Crippen LogP contribution >= 0.6 is 0 Å². The molecule has 0 aliphatic carbocycles. The third-order valence-electron chi connectivity index (χ3n) is 2.54. The van der Waals surface area contributed by atoms with E-state index in [0.29, 0.717) is 0 Å². The SMILES string of the molecule is CCCCCCCC(C)(C)C(=O)OO. The fourth-order valence-electron chi connectivity index (χ4n) is 1.40. The first-order valence-electron chi connectivity index (χ1n) is 5.40. The van der Waals surface area contributed by atoms with Gasteiger partial charge in [0.15, 0.2) is 0 Å². The van der Waals surface area contributed by atoms with Crippen LogP contribution < -0.4 is 0 Å². The molecule has 0 aromatic carbocycles. The Hall–Kier alpha value is -0.570. The van der Waals surface area contributed by atoms with Gasteiger partial charge in [0.2, 0.25) is 0 Å². The summed E-state index contributed by atoms with van der Waals surface area (Å²) in [5.41, 5.74) is -0.555. The van der Waals surface area contributed by atoms with Crippen LogP contribution in [0.3, 0.4) is 0 Å². The van der Waals surface area contributed by atoms with Crippen molar-refractivity contribution in [3.05, 3.63) is 0 Å². The third kappa shape index (κ3) is 5.22. The Labute approximate surface area is 86.4 Å². The molecule has 0 saturated carbocycles. The molecule has 0 radical (unpaired) electrons. The van der Waals surface area contributed by atoms with Crippen molar-refractivity contribution in [2.45, 2.75) is 59.3 Å². The van der Waals surface area contributed by atoms with Gasteiger partial charge in [-0.15, -0.1) is 0 Å². The molecule has 0 aromatic rings. The average Bonchev–Trinajstić information content (AvgIpc) is 2.16. The molecule has 3 nitrogen and oxygen atoms in total. The molecule has 0 bridgehead atoms. The lowest BCUT2D eigenvalue weighted by molar-refractivity contribution is -0.244. The fourth-order valence-corrected chi connectivity index (χ4v) is 1.40. The van der Waals surface area contributed by atoms with E-state index in [4.69, 9.17) is 5.26 Å². The van der Waals surface area contributed by atoms with Crippen LogP contribution in [0, 0.1) is 5.41 Å². The van der Waals surface area contributed by atoms with Gasteiger partial charge in [0.1, 0.15) is 0 Å². The maximum atomic E-state index is 11.1. The molecule has 0 saturated heterocycles. The normalized spacial score (nSPS) is 11.4. The summed E-state index contributed by atoms with van der Waals surface area (Å²) in [5.74, 6) is -0.534. The lowest BCUT2D eigenvalue weighted by Gasteiger charge is -2.19. The highest BCUT2D eigenvalue weighted by Gasteiger charge is 2.28. The predicted octanol–water partition coefficient (Wildman–Crippen LogP) is 3.39. The Morgan fingerprint density at radius 3 is 2.29 bits per heavy atom. The Morgan fingerprint density at radius 1 is 1.21 bits per heavy atom. The Kier molecular flexibility index (Phi) is 6.54. The molecule has 14 heavy (non-hydrogen) atoms. The highest BCUT2D eigenvalue weighted by molar-refractivity contribution is 5.75. The van der Waals surface area contributed by atoms with Crippen LogP contribution in [0.1, 0.15) is 59.3 Å². The minimum atomic E-state index is -0.555. The van der Waals surface area contributed by atoms with E-state index in [0.717, 1.165) is 19.3 Å². The number of rotatable bonds is 7. The van der Waals surface area contributed by atoms with Gasteiger partial charge < -0.3 is 4.89 Å². The van der Waals surface area contributed by atoms with Gasteiger partial charge in [0.05, 0.1) is 5.41 Å². The lowest BCUT2D eigenvalue weighted by Crippen LogP contribution is -2.25. The van der Waals surface area contributed by atoms with E-state index in [1.54, 1.807) is 13.8 Å². The molecular weight excluding hydrogens is 180 g/mol. The van der Waals surface area contributed by atoms with Gasteiger partial charge in [0.25, 0.3) is 0 Å². The van der Waals surface area contributed by atoms with Gasteiger partial charge in [-0.3, -0.25) is 0 Å². The molecule has 0 rings (SSSR count). The van der Waals surface area contributed by atoms with Crippen LogP contribution in [-0.4, -0.2) is 11.2 Å². The first-order valence-corrected chi connectivity index (χ1v) is 5.40. The van der Waals surface area contributed by atoms with Gasteiger partial charge in [-0.1, -0.05) is 39.0 Å².